The van der Waals surface area contributed by atoms with Gasteiger partial charge in [0, 0.05) is 17.1 Å². The van der Waals surface area contributed by atoms with Crippen LogP contribution < -0.4 is 0 Å². The van der Waals surface area contributed by atoms with Crippen molar-refractivity contribution in [2.45, 2.75) is 26.6 Å². The molecule has 4 aromatic rings. The second-order valence-corrected chi connectivity index (χ2v) is 7.92. The van der Waals surface area contributed by atoms with E-state index in [-0.39, 0.29) is 13.2 Å². The number of ether oxygens (including phenoxy) is 1. The zero-order chi connectivity index (χ0) is 22.2. The van der Waals surface area contributed by atoms with Crippen molar-refractivity contribution >= 4 is 28.2 Å². The van der Waals surface area contributed by atoms with Gasteiger partial charge in [0.15, 0.2) is 0 Å². The molecule has 0 amide bonds. The van der Waals surface area contributed by atoms with Crippen molar-refractivity contribution in [3.05, 3.63) is 70.4 Å². The zero-order valence-corrected chi connectivity index (χ0v) is 17.5. The first-order valence-electron chi connectivity index (χ1n) is 9.53. The summed E-state index contributed by atoms with van der Waals surface area (Å²) in [7, 11) is 0. The summed E-state index contributed by atoms with van der Waals surface area (Å²) >= 11 is 1.25. The Kier molecular flexibility index (Phi) is 5.53. The summed E-state index contributed by atoms with van der Waals surface area (Å²) in [6, 6.07) is 10.7. The molecule has 0 aliphatic carbocycles. The van der Waals surface area contributed by atoms with Crippen LogP contribution in [-0.2, 0) is 17.5 Å². The first kappa shape index (κ1) is 21.0. The molecule has 0 saturated carbocycles. The third-order valence-electron chi connectivity index (χ3n) is 4.68. The molecule has 0 radical (unpaired) electrons. The summed E-state index contributed by atoms with van der Waals surface area (Å²) < 4.78 is 45.7. The maximum Gasteiger partial charge on any atom is 0.416 e. The Morgan fingerprint density at radius 1 is 1.19 bits per heavy atom. The maximum atomic E-state index is 13.0. The highest BCUT2D eigenvalue weighted by atomic mass is 32.1. The number of carbonyl (C=O) groups excluding carboxylic acids is 1. The molecule has 0 saturated heterocycles. The lowest BCUT2D eigenvalue weighted by Gasteiger charge is -2.08. The molecule has 2 heterocycles. The van der Waals surface area contributed by atoms with Crippen molar-refractivity contribution in [1.29, 1.82) is 0 Å². The first-order valence-corrected chi connectivity index (χ1v) is 10.3. The number of nitrogens with zero attached hydrogens (tertiary/aromatic N) is 3. The van der Waals surface area contributed by atoms with Gasteiger partial charge in [-0.3, -0.25) is 4.68 Å². The third-order valence-corrected chi connectivity index (χ3v) is 5.85. The number of rotatable bonds is 5. The topological polar surface area (TPSA) is 57.0 Å². The predicted octanol–water partition coefficient (Wildman–Crippen LogP) is 5.71. The van der Waals surface area contributed by atoms with Crippen LogP contribution in [0.2, 0.25) is 0 Å². The molecule has 160 valence electrons. The molecule has 31 heavy (non-hydrogen) atoms. The second-order valence-electron chi connectivity index (χ2n) is 6.92. The van der Waals surface area contributed by atoms with Crippen molar-refractivity contribution in [2.24, 2.45) is 0 Å². The van der Waals surface area contributed by atoms with E-state index in [9.17, 15) is 18.0 Å². The minimum atomic E-state index is -4.39. The Balaban J connectivity index is 1.69. The minimum absolute atomic E-state index is 0.197. The van der Waals surface area contributed by atoms with Gasteiger partial charge in [0.2, 0.25) is 0 Å². The highest BCUT2D eigenvalue weighted by Gasteiger charge is 2.30. The van der Waals surface area contributed by atoms with Crippen molar-refractivity contribution in [2.75, 3.05) is 6.61 Å². The molecule has 9 heteroatoms. The van der Waals surface area contributed by atoms with Gasteiger partial charge < -0.3 is 4.74 Å². The highest BCUT2D eigenvalue weighted by Crippen LogP contribution is 2.34. The van der Waals surface area contributed by atoms with Gasteiger partial charge in [-0.1, -0.05) is 24.3 Å². The van der Waals surface area contributed by atoms with Crippen LogP contribution in [-0.4, -0.2) is 27.3 Å². The van der Waals surface area contributed by atoms with E-state index in [4.69, 9.17) is 4.74 Å². The van der Waals surface area contributed by atoms with Crippen LogP contribution in [0, 0.1) is 6.92 Å². The molecule has 0 bridgehead atoms. The average molecular weight is 445 g/mol. The Morgan fingerprint density at radius 2 is 1.97 bits per heavy atom. The number of fused-ring (bicyclic) bond motifs is 1. The summed E-state index contributed by atoms with van der Waals surface area (Å²) in [6.45, 7) is 3.98. The molecule has 4 rings (SSSR count). The summed E-state index contributed by atoms with van der Waals surface area (Å²) in [5.41, 5.74) is 1.89. The van der Waals surface area contributed by atoms with Crippen LogP contribution in [0.1, 0.15) is 33.4 Å². The van der Waals surface area contributed by atoms with Crippen molar-refractivity contribution < 1.29 is 22.7 Å². The van der Waals surface area contributed by atoms with E-state index < -0.39 is 17.7 Å². The Labute approximate surface area is 180 Å². The SMILES string of the molecule is CCOC(=O)c1sc(-c2cccc3nn(Cc4cccc(C(F)(F)F)c4)cc23)nc1C. The van der Waals surface area contributed by atoms with Gasteiger partial charge in [0.05, 0.1) is 29.9 Å². The standard InChI is InChI=1S/C22H18F3N3O2S/c1-3-30-21(29)19-13(2)26-20(31-19)16-8-5-9-18-17(16)12-28(27-18)11-14-6-4-7-15(10-14)22(23,24)25/h4-10,12H,3,11H2,1-2H3. The van der Waals surface area contributed by atoms with Crippen LogP contribution in [0.3, 0.4) is 0 Å². The molecule has 0 atom stereocenters. The summed E-state index contributed by atoms with van der Waals surface area (Å²) in [6.07, 6.45) is -2.61. The third kappa shape index (κ3) is 4.32. The molecule has 5 nitrogen and oxygen atoms in total. The van der Waals surface area contributed by atoms with Crippen LogP contribution in [0.25, 0.3) is 21.5 Å². The summed E-state index contributed by atoms with van der Waals surface area (Å²) in [5.74, 6) is -0.406. The monoisotopic (exact) mass is 445 g/mol. The summed E-state index contributed by atoms with van der Waals surface area (Å²) in [5, 5.41) is 5.96. The van der Waals surface area contributed by atoms with E-state index in [1.165, 1.54) is 17.4 Å². The van der Waals surface area contributed by atoms with Gasteiger partial charge in [-0.2, -0.15) is 18.3 Å². The molecular weight excluding hydrogens is 427 g/mol. The van der Waals surface area contributed by atoms with Crippen molar-refractivity contribution in [1.82, 2.24) is 14.8 Å². The number of halogens is 3. The normalized spacial score (nSPS) is 11.8. The van der Waals surface area contributed by atoms with E-state index in [1.807, 2.05) is 18.2 Å². The van der Waals surface area contributed by atoms with Crippen molar-refractivity contribution in [3.63, 3.8) is 0 Å². The number of hydrogen-bond donors (Lipinski definition) is 0. The van der Waals surface area contributed by atoms with E-state index in [1.54, 1.807) is 30.8 Å². The Morgan fingerprint density at radius 3 is 2.71 bits per heavy atom. The van der Waals surface area contributed by atoms with E-state index in [2.05, 4.69) is 10.1 Å². The smallest absolute Gasteiger partial charge is 0.416 e. The van der Waals surface area contributed by atoms with Crippen LogP contribution in [0.4, 0.5) is 13.2 Å². The number of carbonyl (C=O) groups is 1. The number of thiazole rings is 1. The lowest BCUT2D eigenvalue weighted by atomic mass is 10.1. The van der Waals surface area contributed by atoms with Gasteiger partial charge in [-0.25, -0.2) is 9.78 Å². The molecule has 0 aliphatic heterocycles. The number of alkyl halides is 3. The van der Waals surface area contributed by atoms with Crippen LogP contribution in [0.5, 0.6) is 0 Å². The van der Waals surface area contributed by atoms with Gasteiger partial charge in [-0.15, -0.1) is 11.3 Å². The Bertz CT molecular complexity index is 1260. The largest absolute Gasteiger partial charge is 0.462 e. The summed E-state index contributed by atoms with van der Waals surface area (Å²) in [4.78, 5) is 17.1. The zero-order valence-electron chi connectivity index (χ0n) is 16.7. The number of esters is 1. The molecule has 0 aliphatic rings. The van der Waals surface area contributed by atoms with E-state index >= 15 is 0 Å². The molecule has 0 spiro atoms. The molecule has 0 N–H and O–H groups in total. The number of aryl methyl sites for hydroxylation is 1. The van der Waals surface area contributed by atoms with Crippen LogP contribution >= 0.6 is 11.3 Å². The van der Waals surface area contributed by atoms with Crippen molar-refractivity contribution in [3.8, 4) is 10.6 Å². The first-order chi connectivity index (χ1) is 14.8. The molecule has 0 unspecified atom stereocenters. The van der Waals surface area contributed by atoms with E-state index in [0.29, 0.717) is 26.7 Å². The van der Waals surface area contributed by atoms with Crippen LogP contribution in [0.15, 0.2) is 48.7 Å². The molecule has 0 fully saturated rings. The number of benzene rings is 2. The fraction of sp³-hybridized carbons (Fsp3) is 0.227. The Hall–Kier alpha value is -3.20. The predicted molar refractivity (Wildman–Crippen MR) is 112 cm³/mol. The average Bonchev–Trinajstić information content (AvgIpc) is 3.30. The van der Waals surface area contributed by atoms with Gasteiger partial charge in [-0.05, 0) is 37.6 Å². The second kappa shape index (κ2) is 8.14. The minimum Gasteiger partial charge on any atom is -0.462 e. The number of hydrogen-bond acceptors (Lipinski definition) is 5. The van der Waals surface area contributed by atoms with Gasteiger partial charge in [0.1, 0.15) is 9.88 Å². The molecular formula is C22H18F3N3O2S. The number of aromatic nitrogens is 3. The fourth-order valence-electron chi connectivity index (χ4n) is 3.29. The van der Waals surface area contributed by atoms with E-state index in [0.717, 1.165) is 23.1 Å². The molecule has 2 aromatic carbocycles. The lowest BCUT2D eigenvalue weighted by Crippen LogP contribution is -2.07. The lowest BCUT2D eigenvalue weighted by molar-refractivity contribution is -0.137. The highest BCUT2D eigenvalue weighted by molar-refractivity contribution is 7.17. The van der Waals surface area contributed by atoms with Gasteiger partial charge in [0.25, 0.3) is 0 Å². The van der Waals surface area contributed by atoms with Gasteiger partial charge >= 0.3 is 12.1 Å². The quantitative estimate of drug-likeness (QED) is 0.369. The maximum absolute atomic E-state index is 13.0. The molecule has 2 aromatic heterocycles. The fourth-order valence-corrected chi connectivity index (χ4v) is 4.29.